The first-order valence-electron chi connectivity index (χ1n) is 6.83. The Bertz CT molecular complexity index is 566. The molecular weight excluding hydrogens is 251 g/mol. The number of nitrogens with one attached hydrogen (secondary N) is 1. The average Bonchev–Trinajstić information content (AvgIpc) is 2.41. The number of halogens is 1. The minimum Gasteiger partial charge on any atom is -0.382 e. The molecule has 1 atom stereocenters. The first kappa shape index (κ1) is 14.4. The summed E-state index contributed by atoms with van der Waals surface area (Å²) in [5, 5.41) is 3.42. The highest BCUT2D eigenvalue weighted by Crippen LogP contribution is 2.19. The molecule has 20 heavy (non-hydrogen) atoms. The van der Waals surface area contributed by atoms with E-state index in [-0.39, 0.29) is 11.9 Å². The van der Waals surface area contributed by atoms with Crippen molar-refractivity contribution in [2.45, 2.75) is 19.4 Å². The van der Waals surface area contributed by atoms with E-state index >= 15 is 0 Å². The Morgan fingerprint density at radius 2 is 1.85 bits per heavy atom. The zero-order valence-electron chi connectivity index (χ0n) is 12.2. The molecule has 0 fully saturated rings. The highest BCUT2D eigenvalue weighted by Gasteiger charge is 2.07. The summed E-state index contributed by atoms with van der Waals surface area (Å²) in [7, 11) is 4.03. The van der Waals surface area contributed by atoms with Crippen LogP contribution < -0.4 is 10.2 Å². The van der Waals surface area contributed by atoms with Gasteiger partial charge in [-0.05, 0) is 43.2 Å². The first-order valence-corrected chi connectivity index (χ1v) is 6.83. The number of benzene rings is 2. The quantitative estimate of drug-likeness (QED) is 0.887. The van der Waals surface area contributed by atoms with Gasteiger partial charge in [-0.3, -0.25) is 0 Å². The van der Waals surface area contributed by atoms with Gasteiger partial charge in [0.25, 0.3) is 0 Å². The fourth-order valence-corrected chi connectivity index (χ4v) is 2.20. The van der Waals surface area contributed by atoms with Crippen LogP contribution in [0.5, 0.6) is 0 Å². The van der Waals surface area contributed by atoms with Crippen molar-refractivity contribution >= 4 is 11.4 Å². The van der Waals surface area contributed by atoms with Crippen LogP contribution >= 0.6 is 0 Å². The predicted molar refractivity (Wildman–Crippen MR) is 84.0 cm³/mol. The summed E-state index contributed by atoms with van der Waals surface area (Å²) in [5.74, 6) is -0.136. The van der Waals surface area contributed by atoms with Crippen LogP contribution in [0.25, 0.3) is 0 Å². The van der Waals surface area contributed by atoms with Crippen molar-refractivity contribution in [1.29, 1.82) is 0 Å². The molecule has 2 aromatic carbocycles. The van der Waals surface area contributed by atoms with Gasteiger partial charge in [0.1, 0.15) is 5.82 Å². The Hall–Kier alpha value is -2.03. The van der Waals surface area contributed by atoms with Crippen molar-refractivity contribution in [3.63, 3.8) is 0 Å². The zero-order chi connectivity index (χ0) is 14.5. The minimum atomic E-state index is -0.136. The Kier molecular flexibility index (Phi) is 4.61. The Labute approximate surface area is 120 Å². The van der Waals surface area contributed by atoms with Crippen molar-refractivity contribution in [3.05, 3.63) is 59.9 Å². The molecule has 0 aliphatic rings. The molecule has 0 radical (unpaired) electrons. The molecule has 0 heterocycles. The van der Waals surface area contributed by atoms with Gasteiger partial charge in [0.05, 0.1) is 0 Å². The largest absolute Gasteiger partial charge is 0.382 e. The number of hydrogen-bond acceptors (Lipinski definition) is 2. The molecule has 2 aromatic rings. The molecule has 0 aliphatic heterocycles. The molecule has 0 aliphatic carbocycles. The minimum absolute atomic E-state index is 0.136. The van der Waals surface area contributed by atoms with Gasteiger partial charge < -0.3 is 10.2 Å². The molecule has 1 N–H and O–H groups in total. The van der Waals surface area contributed by atoms with Crippen LogP contribution in [0.3, 0.4) is 0 Å². The summed E-state index contributed by atoms with van der Waals surface area (Å²) in [4.78, 5) is 2.06. The second kappa shape index (κ2) is 6.42. The summed E-state index contributed by atoms with van der Waals surface area (Å²) in [6.45, 7) is 2.06. The van der Waals surface area contributed by atoms with E-state index in [1.54, 1.807) is 6.07 Å². The van der Waals surface area contributed by atoms with Crippen molar-refractivity contribution in [2.24, 2.45) is 0 Å². The van der Waals surface area contributed by atoms with Crippen LogP contribution in [-0.4, -0.2) is 20.1 Å². The Morgan fingerprint density at radius 3 is 2.55 bits per heavy atom. The zero-order valence-corrected chi connectivity index (χ0v) is 12.2. The summed E-state index contributed by atoms with van der Waals surface area (Å²) >= 11 is 0. The molecular formula is C17H21FN2. The molecule has 0 amide bonds. The molecule has 3 heteroatoms. The number of rotatable bonds is 5. The van der Waals surface area contributed by atoms with E-state index in [0.717, 1.165) is 16.9 Å². The lowest BCUT2D eigenvalue weighted by Crippen LogP contribution is -2.19. The first-order chi connectivity index (χ1) is 9.56. The lowest BCUT2D eigenvalue weighted by Gasteiger charge is -2.18. The van der Waals surface area contributed by atoms with Gasteiger partial charge in [-0.2, -0.15) is 0 Å². The van der Waals surface area contributed by atoms with E-state index in [9.17, 15) is 4.39 Å². The molecule has 2 nitrogen and oxygen atoms in total. The highest BCUT2D eigenvalue weighted by atomic mass is 19.1. The topological polar surface area (TPSA) is 15.3 Å². The van der Waals surface area contributed by atoms with E-state index in [0.29, 0.717) is 6.42 Å². The predicted octanol–water partition coefficient (Wildman–Crippen LogP) is 3.93. The second-order valence-corrected chi connectivity index (χ2v) is 5.29. The summed E-state index contributed by atoms with van der Waals surface area (Å²) in [6, 6.07) is 15.3. The molecule has 0 aromatic heterocycles. The SMILES string of the molecule is CC(Cc1ccccc1F)Nc1cccc(N(C)C)c1. The van der Waals surface area contributed by atoms with Gasteiger partial charge >= 0.3 is 0 Å². The van der Waals surface area contributed by atoms with E-state index in [4.69, 9.17) is 0 Å². The van der Waals surface area contributed by atoms with Crippen LogP contribution in [0, 0.1) is 5.82 Å². The van der Waals surface area contributed by atoms with Gasteiger partial charge in [-0.1, -0.05) is 24.3 Å². The molecule has 2 rings (SSSR count). The van der Waals surface area contributed by atoms with Crippen LogP contribution in [0.4, 0.5) is 15.8 Å². The van der Waals surface area contributed by atoms with Crippen LogP contribution in [0.15, 0.2) is 48.5 Å². The standard InChI is InChI=1S/C17H21FN2/c1-13(11-14-7-4-5-10-17(14)18)19-15-8-6-9-16(12-15)20(2)3/h4-10,12-13,19H,11H2,1-3H3. The van der Waals surface area contributed by atoms with E-state index in [1.807, 2.05) is 38.4 Å². The third-order valence-corrected chi connectivity index (χ3v) is 3.26. The van der Waals surface area contributed by atoms with E-state index < -0.39 is 0 Å². The average molecular weight is 272 g/mol. The lowest BCUT2D eigenvalue weighted by atomic mass is 10.1. The number of nitrogens with zero attached hydrogens (tertiary/aromatic N) is 1. The Morgan fingerprint density at radius 1 is 1.10 bits per heavy atom. The maximum absolute atomic E-state index is 13.6. The van der Waals surface area contributed by atoms with Gasteiger partial charge in [0.2, 0.25) is 0 Å². The summed E-state index contributed by atoms with van der Waals surface area (Å²) < 4.78 is 13.6. The fourth-order valence-electron chi connectivity index (χ4n) is 2.20. The molecule has 0 spiro atoms. The van der Waals surface area contributed by atoms with Crippen LogP contribution in [0.1, 0.15) is 12.5 Å². The van der Waals surface area contributed by atoms with Gasteiger partial charge in [0, 0.05) is 31.5 Å². The lowest BCUT2D eigenvalue weighted by molar-refractivity contribution is 0.601. The van der Waals surface area contributed by atoms with Gasteiger partial charge in [-0.25, -0.2) is 4.39 Å². The third-order valence-electron chi connectivity index (χ3n) is 3.26. The van der Waals surface area contributed by atoms with Crippen molar-refractivity contribution in [2.75, 3.05) is 24.3 Å². The molecule has 106 valence electrons. The van der Waals surface area contributed by atoms with Crippen LogP contribution in [-0.2, 0) is 6.42 Å². The fraction of sp³-hybridized carbons (Fsp3) is 0.294. The van der Waals surface area contributed by atoms with E-state index in [2.05, 4.69) is 29.3 Å². The number of anilines is 2. The molecule has 1 unspecified atom stereocenters. The summed E-state index contributed by atoms with van der Waals surface area (Å²) in [6.07, 6.45) is 0.666. The van der Waals surface area contributed by atoms with Crippen molar-refractivity contribution in [1.82, 2.24) is 0 Å². The van der Waals surface area contributed by atoms with Crippen molar-refractivity contribution < 1.29 is 4.39 Å². The maximum atomic E-state index is 13.6. The molecule has 0 saturated heterocycles. The number of hydrogen-bond donors (Lipinski definition) is 1. The van der Waals surface area contributed by atoms with Crippen molar-refractivity contribution in [3.8, 4) is 0 Å². The smallest absolute Gasteiger partial charge is 0.126 e. The highest BCUT2D eigenvalue weighted by molar-refractivity contribution is 5.57. The van der Waals surface area contributed by atoms with E-state index in [1.165, 1.54) is 6.07 Å². The second-order valence-electron chi connectivity index (χ2n) is 5.29. The third kappa shape index (κ3) is 3.73. The van der Waals surface area contributed by atoms with Gasteiger partial charge in [0.15, 0.2) is 0 Å². The Balaban J connectivity index is 2.03. The molecule has 0 saturated carbocycles. The van der Waals surface area contributed by atoms with Crippen LogP contribution in [0.2, 0.25) is 0 Å². The molecule has 0 bridgehead atoms. The summed E-state index contributed by atoms with van der Waals surface area (Å²) in [5.41, 5.74) is 2.95. The maximum Gasteiger partial charge on any atom is 0.126 e. The van der Waals surface area contributed by atoms with Gasteiger partial charge in [-0.15, -0.1) is 0 Å². The monoisotopic (exact) mass is 272 g/mol. The normalized spacial score (nSPS) is 12.0.